The smallest absolute Gasteiger partial charge is 0.136 e. The van der Waals surface area contributed by atoms with Gasteiger partial charge in [-0.3, -0.25) is 4.79 Å². The van der Waals surface area contributed by atoms with Crippen molar-refractivity contribution in [3.8, 4) is 0 Å². The van der Waals surface area contributed by atoms with Crippen LogP contribution in [0.3, 0.4) is 0 Å². The normalized spacial score (nSPS) is 33.2. The van der Waals surface area contributed by atoms with Gasteiger partial charge >= 0.3 is 0 Å². The van der Waals surface area contributed by atoms with Gasteiger partial charge in [0.05, 0.1) is 0 Å². The summed E-state index contributed by atoms with van der Waals surface area (Å²) >= 11 is 0. The van der Waals surface area contributed by atoms with E-state index in [9.17, 15) is 4.79 Å². The molecule has 84 valence electrons. The molecule has 2 aliphatic rings. The number of carbonyl (C=O) groups excluding carboxylic acids is 1. The Morgan fingerprint density at radius 3 is 2.73 bits per heavy atom. The summed E-state index contributed by atoms with van der Waals surface area (Å²) in [6.45, 7) is 4.41. The molecule has 3 atom stereocenters. The highest BCUT2D eigenvalue weighted by Crippen LogP contribution is 2.48. The lowest BCUT2D eigenvalue weighted by Gasteiger charge is -2.18. The van der Waals surface area contributed by atoms with Crippen LogP contribution in [0.25, 0.3) is 0 Å². The summed E-state index contributed by atoms with van der Waals surface area (Å²) in [5.74, 6) is 2.27. The third-order valence-corrected chi connectivity index (χ3v) is 4.17. The first-order valence-electron chi connectivity index (χ1n) is 6.43. The zero-order chi connectivity index (χ0) is 10.8. The SMILES string of the molecule is CCCCCC(=O)[C@H]1C[C@@H]2C[C@H]1C=C2C. The molecule has 0 saturated heterocycles. The topological polar surface area (TPSA) is 17.1 Å². The molecular formula is C14H22O. The van der Waals surface area contributed by atoms with Crippen molar-refractivity contribution in [1.82, 2.24) is 0 Å². The fraction of sp³-hybridized carbons (Fsp3) is 0.786. The number of ketones is 1. The summed E-state index contributed by atoms with van der Waals surface area (Å²) in [7, 11) is 0. The molecule has 1 heteroatoms. The third-order valence-electron chi connectivity index (χ3n) is 4.17. The van der Waals surface area contributed by atoms with Crippen LogP contribution in [0.5, 0.6) is 0 Å². The second kappa shape index (κ2) is 4.51. The van der Waals surface area contributed by atoms with E-state index >= 15 is 0 Å². The molecule has 0 N–H and O–H groups in total. The third kappa shape index (κ3) is 2.16. The van der Waals surface area contributed by atoms with Crippen LogP contribution < -0.4 is 0 Å². The molecule has 0 radical (unpaired) electrons. The van der Waals surface area contributed by atoms with Crippen LogP contribution in [-0.4, -0.2) is 5.78 Å². The van der Waals surface area contributed by atoms with Crippen LogP contribution in [0.2, 0.25) is 0 Å². The molecule has 1 nitrogen and oxygen atoms in total. The number of hydrogen-bond donors (Lipinski definition) is 0. The van der Waals surface area contributed by atoms with Crippen LogP contribution in [0.15, 0.2) is 11.6 Å². The maximum Gasteiger partial charge on any atom is 0.136 e. The summed E-state index contributed by atoms with van der Waals surface area (Å²) in [4.78, 5) is 12.0. The zero-order valence-corrected chi connectivity index (χ0v) is 9.96. The molecule has 1 saturated carbocycles. The Hall–Kier alpha value is -0.590. The van der Waals surface area contributed by atoms with Crippen LogP contribution in [0.4, 0.5) is 0 Å². The molecule has 0 aromatic rings. The predicted octanol–water partition coefficient (Wildman–Crippen LogP) is 3.74. The summed E-state index contributed by atoms with van der Waals surface area (Å²) < 4.78 is 0. The van der Waals surface area contributed by atoms with Gasteiger partial charge in [-0.05, 0) is 38.0 Å². The molecule has 0 aromatic heterocycles. The molecule has 2 rings (SSSR count). The van der Waals surface area contributed by atoms with Crippen LogP contribution >= 0.6 is 0 Å². The lowest BCUT2D eigenvalue weighted by molar-refractivity contribution is -0.123. The minimum atomic E-state index is 0.385. The van der Waals surface area contributed by atoms with Gasteiger partial charge in [-0.15, -0.1) is 0 Å². The van der Waals surface area contributed by atoms with Gasteiger partial charge in [0.1, 0.15) is 5.78 Å². The lowest BCUT2D eigenvalue weighted by atomic mass is 9.85. The number of carbonyl (C=O) groups is 1. The second-order valence-corrected chi connectivity index (χ2v) is 5.27. The molecule has 0 aliphatic heterocycles. The zero-order valence-electron chi connectivity index (χ0n) is 9.96. The number of unbranched alkanes of at least 4 members (excludes halogenated alkanes) is 2. The van der Waals surface area contributed by atoms with Crippen molar-refractivity contribution in [3.05, 3.63) is 11.6 Å². The van der Waals surface area contributed by atoms with Gasteiger partial charge in [-0.1, -0.05) is 31.4 Å². The van der Waals surface area contributed by atoms with E-state index < -0.39 is 0 Å². The fourth-order valence-corrected chi connectivity index (χ4v) is 3.20. The van der Waals surface area contributed by atoms with Crippen molar-refractivity contribution in [2.45, 2.75) is 52.4 Å². The van der Waals surface area contributed by atoms with Crippen LogP contribution in [0.1, 0.15) is 52.4 Å². The lowest BCUT2D eigenvalue weighted by Crippen LogP contribution is -2.19. The Morgan fingerprint density at radius 2 is 2.20 bits per heavy atom. The Balaban J connectivity index is 1.83. The van der Waals surface area contributed by atoms with E-state index in [2.05, 4.69) is 19.9 Å². The summed E-state index contributed by atoms with van der Waals surface area (Å²) in [6, 6.07) is 0. The number of allylic oxidation sites excluding steroid dienone is 2. The maximum absolute atomic E-state index is 12.0. The Morgan fingerprint density at radius 1 is 1.40 bits per heavy atom. The molecule has 0 heterocycles. The molecule has 0 amide bonds. The van der Waals surface area contributed by atoms with Gasteiger partial charge in [-0.25, -0.2) is 0 Å². The first kappa shape index (κ1) is 10.9. The van der Waals surface area contributed by atoms with Gasteiger partial charge in [-0.2, -0.15) is 0 Å². The molecule has 15 heavy (non-hydrogen) atoms. The van der Waals surface area contributed by atoms with Crippen molar-refractivity contribution in [1.29, 1.82) is 0 Å². The van der Waals surface area contributed by atoms with E-state index in [1.807, 2.05) is 0 Å². The summed E-state index contributed by atoms with van der Waals surface area (Å²) in [5, 5.41) is 0. The van der Waals surface area contributed by atoms with E-state index in [0.717, 1.165) is 25.2 Å². The van der Waals surface area contributed by atoms with E-state index in [4.69, 9.17) is 0 Å². The van der Waals surface area contributed by atoms with Gasteiger partial charge in [0, 0.05) is 12.3 Å². The fourth-order valence-electron chi connectivity index (χ4n) is 3.20. The van der Waals surface area contributed by atoms with E-state index in [1.54, 1.807) is 0 Å². The Bertz CT molecular complexity index is 277. The van der Waals surface area contributed by atoms with E-state index in [1.165, 1.54) is 24.8 Å². The van der Waals surface area contributed by atoms with Crippen molar-refractivity contribution in [3.63, 3.8) is 0 Å². The highest BCUT2D eigenvalue weighted by atomic mass is 16.1. The first-order valence-corrected chi connectivity index (χ1v) is 6.43. The highest BCUT2D eigenvalue weighted by molar-refractivity contribution is 5.82. The number of Topliss-reactive ketones (excluding diaryl/α,β-unsaturated/α-hetero) is 1. The molecule has 1 fully saturated rings. The molecule has 0 spiro atoms. The van der Waals surface area contributed by atoms with Gasteiger partial charge in [0.25, 0.3) is 0 Å². The number of rotatable bonds is 5. The predicted molar refractivity (Wildman–Crippen MR) is 62.6 cm³/mol. The molecule has 0 aromatic carbocycles. The van der Waals surface area contributed by atoms with Crippen LogP contribution in [-0.2, 0) is 4.79 Å². The summed E-state index contributed by atoms with van der Waals surface area (Å²) in [5.41, 5.74) is 1.54. The highest BCUT2D eigenvalue weighted by Gasteiger charge is 2.41. The monoisotopic (exact) mass is 206 g/mol. The van der Waals surface area contributed by atoms with Gasteiger partial charge in [0.2, 0.25) is 0 Å². The van der Waals surface area contributed by atoms with E-state index in [-0.39, 0.29) is 0 Å². The van der Waals surface area contributed by atoms with E-state index in [0.29, 0.717) is 17.6 Å². The standard InChI is InChI=1S/C14H22O/c1-3-4-5-6-14(15)13-9-11-8-12(13)7-10(11)2/h7,11-13H,3-6,8-9H2,1-2H3/t11-,12+,13-/m0/s1. The first-order chi connectivity index (χ1) is 7.22. The average molecular weight is 206 g/mol. The second-order valence-electron chi connectivity index (χ2n) is 5.27. The Kier molecular flexibility index (Phi) is 3.28. The van der Waals surface area contributed by atoms with Gasteiger partial charge in [0.15, 0.2) is 0 Å². The molecular weight excluding hydrogens is 184 g/mol. The average Bonchev–Trinajstić information content (AvgIpc) is 2.76. The quantitative estimate of drug-likeness (QED) is 0.494. The van der Waals surface area contributed by atoms with Crippen molar-refractivity contribution in [2.75, 3.05) is 0 Å². The Labute approximate surface area is 92.9 Å². The molecule has 2 bridgehead atoms. The largest absolute Gasteiger partial charge is 0.299 e. The summed E-state index contributed by atoms with van der Waals surface area (Å²) in [6.07, 6.45) is 9.12. The van der Waals surface area contributed by atoms with Crippen molar-refractivity contribution < 1.29 is 4.79 Å². The minimum Gasteiger partial charge on any atom is -0.299 e. The van der Waals surface area contributed by atoms with Crippen molar-refractivity contribution in [2.24, 2.45) is 17.8 Å². The maximum atomic E-state index is 12.0. The molecule has 0 unspecified atom stereocenters. The molecule has 2 aliphatic carbocycles. The van der Waals surface area contributed by atoms with Crippen molar-refractivity contribution >= 4 is 5.78 Å². The number of hydrogen-bond acceptors (Lipinski definition) is 1. The van der Waals surface area contributed by atoms with Crippen LogP contribution in [0, 0.1) is 17.8 Å². The minimum absolute atomic E-state index is 0.385. The number of fused-ring (bicyclic) bond motifs is 2. The van der Waals surface area contributed by atoms with Gasteiger partial charge < -0.3 is 0 Å².